The number of nitrogens with one attached hydrogen (secondary N) is 1. The molecule has 6 nitrogen and oxygen atoms in total. The van der Waals surface area contributed by atoms with Crippen LogP contribution in [0.25, 0.3) is 0 Å². The first kappa shape index (κ1) is 15.4. The first-order chi connectivity index (χ1) is 10.1. The molecule has 1 saturated heterocycles. The van der Waals surface area contributed by atoms with Crippen LogP contribution in [0.15, 0.2) is 18.2 Å². The average molecular weight is 294 g/mol. The van der Waals surface area contributed by atoms with Crippen LogP contribution in [0.2, 0.25) is 0 Å². The molecule has 0 spiro atoms. The molecule has 0 amide bonds. The molecule has 1 aliphatic heterocycles. The van der Waals surface area contributed by atoms with Crippen molar-refractivity contribution in [1.29, 1.82) is 0 Å². The lowest BCUT2D eigenvalue weighted by Gasteiger charge is -2.23. The summed E-state index contributed by atoms with van der Waals surface area (Å²) in [7, 11) is 4.94. The van der Waals surface area contributed by atoms with Crippen LogP contribution in [0.4, 0.5) is 5.69 Å². The number of rotatable bonds is 6. The van der Waals surface area contributed by atoms with Crippen LogP contribution in [0.3, 0.4) is 0 Å². The van der Waals surface area contributed by atoms with Crippen LogP contribution < -0.4 is 19.7 Å². The van der Waals surface area contributed by atoms with Gasteiger partial charge in [0.15, 0.2) is 0 Å². The Morgan fingerprint density at radius 1 is 1.43 bits per heavy atom. The number of carboxylic acid groups (broad SMARTS) is 1. The van der Waals surface area contributed by atoms with Crippen molar-refractivity contribution in [3.63, 3.8) is 0 Å². The molecule has 0 saturated carbocycles. The van der Waals surface area contributed by atoms with Gasteiger partial charge in [-0.25, -0.2) is 0 Å². The third-order valence-corrected chi connectivity index (χ3v) is 4.00. The zero-order chi connectivity index (χ0) is 15.4. The Balaban J connectivity index is 2.19. The maximum atomic E-state index is 11.3. The van der Waals surface area contributed by atoms with E-state index in [2.05, 4.69) is 10.2 Å². The number of likely N-dealkylation sites (N-methyl/N-ethyl adjacent to an activating group) is 1. The Kier molecular flexibility index (Phi) is 4.90. The number of benzene rings is 1. The van der Waals surface area contributed by atoms with Crippen molar-refractivity contribution in [2.75, 3.05) is 39.3 Å². The van der Waals surface area contributed by atoms with Gasteiger partial charge in [0, 0.05) is 25.1 Å². The number of methoxy groups -OCH3 is 2. The van der Waals surface area contributed by atoms with E-state index in [1.165, 1.54) is 0 Å². The van der Waals surface area contributed by atoms with Crippen molar-refractivity contribution in [2.24, 2.45) is 5.92 Å². The molecule has 0 bridgehead atoms. The molecule has 0 radical (unpaired) electrons. The van der Waals surface area contributed by atoms with Crippen molar-refractivity contribution in [3.8, 4) is 11.5 Å². The Labute approximate surface area is 124 Å². The zero-order valence-electron chi connectivity index (χ0n) is 12.6. The Hall–Kier alpha value is -1.95. The van der Waals surface area contributed by atoms with Gasteiger partial charge in [0.2, 0.25) is 0 Å². The summed E-state index contributed by atoms with van der Waals surface area (Å²) in [4.78, 5) is 13.4. The molecule has 2 N–H and O–H groups in total. The highest BCUT2D eigenvalue weighted by molar-refractivity contribution is 5.74. The summed E-state index contributed by atoms with van der Waals surface area (Å²) in [5.74, 6) is 0.802. The molecule has 1 aromatic rings. The predicted octanol–water partition coefficient (Wildman–Crippen LogP) is 1.20. The third kappa shape index (κ3) is 3.21. The second-order valence-corrected chi connectivity index (χ2v) is 5.14. The number of ether oxygens (including phenoxy) is 2. The molecule has 21 heavy (non-hydrogen) atoms. The quantitative estimate of drug-likeness (QED) is 0.821. The van der Waals surface area contributed by atoms with Crippen LogP contribution in [0.1, 0.15) is 6.42 Å². The van der Waals surface area contributed by atoms with E-state index in [1.807, 2.05) is 18.2 Å². The number of carbonyl (C=O) groups is 1. The summed E-state index contributed by atoms with van der Waals surface area (Å²) in [6.07, 6.45) is 0.832. The summed E-state index contributed by atoms with van der Waals surface area (Å²) >= 11 is 0. The van der Waals surface area contributed by atoms with E-state index in [-0.39, 0.29) is 5.92 Å². The van der Waals surface area contributed by atoms with Gasteiger partial charge in [-0.3, -0.25) is 4.79 Å². The SMILES string of the molecule is CNC(C(=O)O)C1CCN(c2cc(OC)ccc2OC)C1. The van der Waals surface area contributed by atoms with Crippen LogP contribution in [0.5, 0.6) is 11.5 Å². The molecule has 116 valence electrons. The molecule has 1 fully saturated rings. The normalized spacial score (nSPS) is 19.4. The van der Waals surface area contributed by atoms with Crippen molar-refractivity contribution in [2.45, 2.75) is 12.5 Å². The summed E-state index contributed by atoms with van der Waals surface area (Å²) in [5, 5.41) is 12.1. The van der Waals surface area contributed by atoms with Crippen molar-refractivity contribution in [3.05, 3.63) is 18.2 Å². The lowest BCUT2D eigenvalue weighted by Crippen LogP contribution is -2.42. The average Bonchev–Trinajstić information content (AvgIpc) is 2.96. The van der Waals surface area contributed by atoms with E-state index in [9.17, 15) is 9.90 Å². The van der Waals surface area contributed by atoms with Crippen molar-refractivity contribution in [1.82, 2.24) is 5.32 Å². The largest absolute Gasteiger partial charge is 0.497 e. The van der Waals surface area contributed by atoms with E-state index < -0.39 is 12.0 Å². The number of carboxylic acids is 1. The first-order valence-corrected chi connectivity index (χ1v) is 6.97. The van der Waals surface area contributed by atoms with E-state index in [0.717, 1.165) is 30.2 Å². The van der Waals surface area contributed by atoms with Gasteiger partial charge in [-0.05, 0) is 25.6 Å². The first-order valence-electron chi connectivity index (χ1n) is 6.97. The van der Waals surface area contributed by atoms with E-state index in [1.54, 1.807) is 21.3 Å². The number of hydrogen-bond acceptors (Lipinski definition) is 5. The number of anilines is 1. The van der Waals surface area contributed by atoms with E-state index >= 15 is 0 Å². The van der Waals surface area contributed by atoms with Gasteiger partial charge in [0.25, 0.3) is 0 Å². The zero-order valence-corrected chi connectivity index (χ0v) is 12.6. The minimum Gasteiger partial charge on any atom is -0.497 e. The standard InChI is InChI=1S/C15H22N2O4/c1-16-14(15(18)19)10-6-7-17(9-10)12-8-11(20-2)4-5-13(12)21-3/h4-5,8,10,14,16H,6-7,9H2,1-3H3,(H,18,19). The third-order valence-electron chi connectivity index (χ3n) is 4.00. The molecule has 1 aromatic carbocycles. The van der Waals surface area contributed by atoms with Gasteiger partial charge >= 0.3 is 5.97 Å². The maximum absolute atomic E-state index is 11.3. The Morgan fingerprint density at radius 3 is 2.76 bits per heavy atom. The summed E-state index contributed by atoms with van der Waals surface area (Å²) in [6.45, 7) is 1.49. The summed E-state index contributed by atoms with van der Waals surface area (Å²) < 4.78 is 10.7. The monoisotopic (exact) mass is 294 g/mol. The molecular formula is C15H22N2O4. The van der Waals surface area contributed by atoms with Crippen LogP contribution in [0, 0.1) is 5.92 Å². The fourth-order valence-corrected chi connectivity index (χ4v) is 2.88. The van der Waals surface area contributed by atoms with Gasteiger partial charge in [0.05, 0.1) is 19.9 Å². The minimum absolute atomic E-state index is 0.0726. The smallest absolute Gasteiger partial charge is 0.321 e. The van der Waals surface area contributed by atoms with Gasteiger partial charge in [-0.15, -0.1) is 0 Å². The summed E-state index contributed by atoms with van der Waals surface area (Å²) in [6, 6.07) is 5.13. The molecule has 6 heteroatoms. The van der Waals surface area contributed by atoms with Gasteiger partial charge in [-0.2, -0.15) is 0 Å². The molecular weight excluding hydrogens is 272 g/mol. The van der Waals surface area contributed by atoms with E-state index in [4.69, 9.17) is 9.47 Å². The highest BCUT2D eigenvalue weighted by atomic mass is 16.5. The van der Waals surface area contributed by atoms with Gasteiger partial charge in [-0.1, -0.05) is 0 Å². The second-order valence-electron chi connectivity index (χ2n) is 5.14. The molecule has 0 aromatic heterocycles. The topological polar surface area (TPSA) is 71.0 Å². The molecule has 2 rings (SSSR count). The lowest BCUT2D eigenvalue weighted by molar-refractivity contribution is -0.140. The molecule has 0 aliphatic carbocycles. The van der Waals surface area contributed by atoms with E-state index in [0.29, 0.717) is 6.54 Å². The maximum Gasteiger partial charge on any atom is 0.321 e. The Morgan fingerprint density at radius 2 is 2.19 bits per heavy atom. The van der Waals surface area contributed by atoms with Crippen molar-refractivity contribution >= 4 is 11.7 Å². The number of nitrogens with zero attached hydrogens (tertiary/aromatic N) is 1. The Bertz CT molecular complexity index is 506. The number of hydrogen-bond donors (Lipinski definition) is 2. The highest BCUT2D eigenvalue weighted by Gasteiger charge is 2.33. The molecule has 1 heterocycles. The van der Waals surface area contributed by atoms with Crippen LogP contribution >= 0.6 is 0 Å². The van der Waals surface area contributed by atoms with Crippen LogP contribution in [-0.4, -0.2) is 51.5 Å². The fraction of sp³-hybridized carbons (Fsp3) is 0.533. The predicted molar refractivity (Wildman–Crippen MR) is 80.3 cm³/mol. The highest BCUT2D eigenvalue weighted by Crippen LogP contribution is 2.36. The second kappa shape index (κ2) is 6.67. The lowest BCUT2D eigenvalue weighted by atomic mass is 9.99. The van der Waals surface area contributed by atoms with Gasteiger partial charge in [0.1, 0.15) is 17.5 Å². The summed E-state index contributed by atoms with van der Waals surface area (Å²) in [5.41, 5.74) is 0.944. The fourth-order valence-electron chi connectivity index (χ4n) is 2.88. The number of aliphatic carboxylic acids is 1. The minimum atomic E-state index is -0.804. The van der Waals surface area contributed by atoms with Crippen LogP contribution in [-0.2, 0) is 4.79 Å². The molecule has 2 atom stereocenters. The molecule has 1 aliphatic rings. The molecule has 2 unspecified atom stereocenters. The van der Waals surface area contributed by atoms with Gasteiger partial charge < -0.3 is 24.8 Å². The van der Waals surface area contributed by atoms with Crippen molar-refractivity contribution < 1.29 is 19.4 Å².